The van der Waals surface area contributed by atoms with E-state index >= 15 is 0 Å². The minimum absolute atomic E-state index is 0.0522. The molecular weight excluding hydrogens is 306 g/mol. The standard InChI is InChI=1S/C13H15N5OS2/c1-20-11-4-2-3-9(7-11)14-12(19)8-21-13-15-16-17-18(13)10-5-6-10/h2-4,7,10H,5-6,8H2,1H3,(H,14,19). The molecular formula is C13H15N5OS2. The molecule has 1 amide bonds. The summed E-state index contributed by atoms with van der Waals surface area (Å²) in [6.45, 7) is 0. The molecule has 21 heavy (non-hydrogen) atoms. The predicted molar refractivity (Wildman–Crippen MR) is 83.7 cm³/mol. The van der Waals surface area contributed by atoms with Crippen LogP contribution in [-0.4, -0.2) is 38.1 Å². The summed E-state index contributed by atoms with van der Waals surface area (Å²) in [6.07, 6.45) is 4.24. The normalized spacial score (nSPS) is 14.1. The van der Waals surface area contributed by atoms with Crippen LogP contribution in [0.5, 0.6) is 0 Å². The fourth-order valence-corrected chi connectivity index (χ4v) is 3.06. The molecule has 0 radical (unpaired) electrons. The Kier molecular flexibility index (Phi) is 4.45. The molecule has 1 aromatic heterocycles. The van der Waals surface area contributed by atoms with Gasteiger partial charge in [-0.05, 0) is 47.7 Å². The third kappa shape index (κ3) is 3.76. The zero-order valence-electron chi connectivity index (χ0n) is 11.5. The van der Waals surface area contributed by atoms with E-state index in [0.29, 0.717) is 17.0 Å². The topological polar surface area (TPSA) is 72.7 Å². The minimum atomic E-state index is -0.0522. The summed E-state index contributed by atoms with van der Waals surface area (Å²) in [5.41, 5.74) is 0.814. The number of hydrogen-bond donors (Lipinski definition) is 1. The number of rotatable bonds is 6. The van der Waals surface area contributed by atoms with Crippen LogP contribution in [0.1, 0.15) is 18.9 Å². The molecule has 1 saturated carbocycles. The summed E-state index contributed by atoms with van der Waals surface area (Å²) in [7, 11) is 0. The lowest BCUT2D eigenvalue weighted by molar-refractivity contribution is -0.113. The van der Waals surface area contributed by atoms with Gasteiger partial charge in [0.15, 0.2) is 0 Å². The van der Waals surface area contributed by atoms with Crippen molar-refractivity contribution in [1.29, 1.82) is 0 Å². The summed E-state index contributed by atoms with van der Waals surface area (Å²) in [5, 5.41) is 15.2. The average molecular weight is 321 g/mol. The van der Waals surface area contributed by atoms with E-state index in [1.54, 1.807) is 11.8 Å². The van der Waals surface area contributed by atoms with Crippen molar-refractivity contribution in [3.05, 3.63) is 24.3 Å². The van der Waals surface area contributed by atoms with E-state index < -0.39 is 0 Å². The van der Waals surface area contributed by atoms with Crippen molar-refractivity contribution in [3.63, 3.8) is 0 Å². The van der Waals surface area contributed by atoms with Crippen LogP contribution in [0.25, 0.3) is 0 Å². The summed E-state index contributed by atoms with van der Waals surface area (Å²) in [6, 6.07) is 8.21. The first-order chi connectivity index (χ1) is 10.3. The van der Waals surface area contributed by atoms with Crippen LogP contribution in [-0.2, 0) is 4.79 Å². The van der Waals surface area contributed by atoms with Gasteiger partial charge in [-0.15, -0.1) is 16.9 Å². The maximum atomic E-state index is 12.0. The number of benzene rings is 1. The molecule has 0 atom stereocenters. The minimum Gasteiger partial charge on any atom is -0.325 e. The molecule has 110 valence electrons. The van der Waals surface area contributed by atoms with E-state index in [2.05, 4.69) is 20.8 Å². The molecule has 0 spiro atoms. The molecule has 3 rings (SSSR count). The molecule has 0 bridgehead atoms. The first-order valence-corrected chi connectivity index (χ1v) is 8.82. The summed E-state index contributed by atoms with van der Waals surface area (Å²) < 4.78 is 1.81. The molecule has 0 unspecified atom stereocenters. The van der Waals surface area contributed by atoms with Crippen LogP contribution >= 0.6 is 23.5 Å². The van der Waals surface area contributed by atoms with Gasteiger partial charge in [-0.3, -0.25) is 4.79 Å². The number of hydrogen-bond acceptors (Lipinski definition) is 6. The van der Waals surface area contributed by atoms with Crippen molar-refractivity contribution in [1.82, 2.24) is 20.2 Å². The van der Waals surface area contributed by atoms with Crippen LogP contribution in [0.15, 0.2) is 34.3 Å². The van der Waals surface area contributed by atoms with E-state index in [0.717, 1.165) is 23.4 Å². The van der Waals surface area contributed by atoms with Crippen molar-refractivity contribution >= 4 is 35.1 Å². The zero-order chi connectivity index (χ0) is 14.7. The van der Waals surface area contributed by atoms with E-state index in [9.17, 15) is 4.79 Å². The quantitative estimate of drug-likeness (QED) is 0.824. The van der Waals surface area contributed by atoms with Gasteiger partial charge in [0.1, 0.15) is 0 Å². The number of nitrogens with zero attached hydrogens (tertiary/aromatic N) is 4. The largest absolute Gasteiger partial charge is 0.325 e. The number of carbonyl (C=O) groups is 1. The Balaban J connectivity index is 1.55. The van der Waals surface area contributed by atoms with Crippen LogP contribution in [0.4, 0.5) is 5.69 Å². The monoisotopic (exact) mass is 321 g/mol. The molecule has 1 aliphatic carbocycles. The van der Waals surface area contributed by atoms with Crippen molar-refractivity contribution in [2.45, 2.75) is 28.9 Å². The zero-order valence-corrected chi connectivity index (χ0v) is 13.2. The van der Waals surface area contributed by atoms with Crippen LogP contribution in [0.3, 0.4) is 0 Å². The predicted octanol–water partition coefficient (Wildman–Crippen LogP) is 2.46. The van der Waals surface area contributed by atoms with Gasteiger partial charge >= 0.3 is 0 Å². The van der Waals surface area contributed by atoms with E-state index in [1.807, 2.05) is 35.2 Å². The maximum Gasteiger partial charge on any atom is 0.234 e. The van der Waals surface area contributed by atoms with Gasteiger partial charge in [0, 0.05) is 10.6 Å². The molecule has 1 heterocycles. The average Bonchev–Trinajstić information content (AvgIpc) is 3.24. The second kappa shape index (κ2) is 6.48. The van der Waals surface area contributed by atoms with Gasteiger partial charge in [-0.2, -0.15) is 0 Å². The summed E-state index contributed by atoms with van der Waals surface area (Å²) in [4.78, 5) is 13.1. The number of tetrazole rings is 1. The van der Waals surface area contributed by atoms with Crippen molar-refractivity contribution in [3.8, 4) is 0 Å². The number of anilines is 1. The highest BCUT2D eigenvalue weighted by atomic mass is 32.2. The molecule has 8 heteroatoms. The van der Waals surface area contributed by atoms with Crippen LogP contribution < -0.4 is 5.32 Å². The highest BCUT2D eigenvalue weighted by Gasteiger charge is 2.28. The SMILES string of the molecule is CSc1cccc(NC(=O)CSc2nnnn2C2CC2)c1. The smallest absolute Gasteiger partial charge is 0.234 e. The van der Waals surface area contributed by atoms with Gasteiger partial charge in [-0.1, -0.05) is 17.8 Å². The third-order valence-corrected chi connectivity index (χ3v) is 4.70. The van der Waals surface area contributed by atoms with E-state index in [-0.39, 0.29) is 5.91 Å². The van der Waals surface area contributed by atoms with Gasteiger partial charge in [0.25, 0.3) is 0 Å². The third-order valence-electron chi connectivity index (χ3n) is 3.04. The molecule has 1 aromatic carbocycles. The van der Waals surface area contributed by atoms with Gasteiger partial charge in [0.2, 0.25) is 11.1 Å². The second-order valence-electron chi connectivity index (χ2n) is 4.71. The molecule has 2 aromatic rings. The highest BCUT2D eigenvalue weighted by Crippen LogP contribution is 2.36. The molecule has 1 fully saturated rings. The molecule has 0 aliphatic heterocycles. The number of amides is 1. The Hall–Kier alpha value is -1.54. The lowest BCUT2D eigenvalue weighted by Gasteiger charge is -2.06. The van der Waals surface area contributed by atoms with Crippen molar-refractivity contribution in [2.24, 2.45) is 0 Å². The first-order valence-electron chi connectivity index (χ1n) is 6.61. The Morgan fingerprint density at radius 3 is 3.10 bits per heavy atom. The number of carbonyl (C=O) groups excluding carboxylic acids is 1. The lowest BCUT2D eigenvalue weighted by atomic mass is 10.3. The Bertz CT molecular complexity index is 641. The maximum absolute atomic E-state index is 12.0. The second-order valence-corrected chi connectivity index (χ2v) is 6.53. The number of nitrogens with one attached hydrogen (secondary N) is 1. The van der Waals surface area contributed by atoms with Gasteiger partial charge in [-0.25, -0.2) is 4.68 Å². The highest BCUT2D eigenvalue weighted by molar-refractivity contribution is 7.99. The molecule has 1 aliphatic rings. The van der Waals surface area contributed by atoms with Crippen molar-refractivity contribution < 1.29 is 4.79 Å². The van der Waals surface area contributed by atoms with E-state index in [4.69, 9.17) is 0 Å². The number of aromatic nitrogens is 4. The molecule has 0 saturated heterocycles. The Morgan fingerprint density at radius 1 is 1.48 bits per heavy atom. The summed E-state index contributed by atoms with van der Waals surface area (Å²) >= 11 is 3.02. The first kappa shape index (κ1) is 14.4. The fourth-order valence-electron chi connectivity index (χ4n) is 1.86. The Labute approximate surface area is 131 Å². The van der Waals surface area contributed by atoms with Gasteiger partial charge < -0.3 is 5.32 Å². The molecule has 6 nitrogen and oxygen atoms in total. The van der Waals surface area contributed by atoms with E-state index in [1.165, 1.54) is 11.8 Å². The number of thioether (sulfide) groups is 2. The van der Waals surface area contributed by atoms with Gasteiger partial charge in [0.05, 0.1) is 11.8 Å². The van der Waals surface area contributed by atoms with Crippen LogP contribution in [0, 0.1) is 0 Å². The van der Waals surface area contributed by atoms with Crippen molar-refractivity contribution in [2.75, 3.05) is 17.3 Å². The lowest BCUT2D eigenvalue weighted by Crippen LogP contribution is -2.14. The Morgan fingerprint density at radius 2 is 2.33 bits per heavy atom. The van der Waals surface area contributed by atoms with Crippen LogP contribution in [0.2, 0.25) is 0 Å². The fraction of sp³-hybridized carbons (Fsp3) is 0.385. The molecule has 1 N–H and O–H groups in total. The summed E-state index contributed by atoms with van der Waals surface area (Å²) in [5.74, 6) is 0.250.